The Morgan fingerprint density at radius 1 is 1.19 bits per heavy atom. The number of ether oxygens (including phenoxy) is 2. The van der Waals surface area contributed by atoms with Crippen LogP contribution < -0.4 is 4.74 Å². The first-order chi connectivity index (χ1) is 13.1. The van der Waals surface area contributed by atoms with Crippen molar-refractivity contribution >= 4 is 16.9 Å². The van der Waals surface area contributed by atoms with Gasteiger partial charge >= 0.3 is 5.97 Å². The SMILES string of the molecule is COC(=O)c1cc(CC#N)c2cc(Cc3ccc(F)cc3)cnc2c1OC. The number of halogens is 1. The van der Waals surface area contributed by atoms with Gasteiger partial charge in [0.1, 0.15) is 16.9 Å². The molecule has 0 spiro atoms. The fourth-order valence-electron chi connectivity index (χ4n) is 3.01. The number of methoxy groups -OCH3 is 2. The summed E-state index contributed by atoms with van der Waals surface area (Å²) in [7, 11) is 2.74. The Bertz CT molecular complexity index is 1040. The van der Waals surface area contributed by atoms with Gasteiger partial charge in [0.15, 0.2) is 5.75 Å². The highest BCUT2D eigenvalue weighted by Gasteiger charge is 2.20. The Kier molecular flexibility index (Phi) is 5.32. The third kappa shape index (κ3) is 3.72. The number of nitriles is 1. The van der Waals surface area contributed by atoms with Crippen molar-refractivity contribution in [3.63, 3.8) is 0 Å². The number of carbonyl (C=O) groups is 1. The van der Waals surface area contributed by atoms with Crippen LogP contribution in [0.3, 0.4) is 0 Å². The molecule has 0 bridgehead atoms. The number of hydrogen-bond donors (Lipinski definition) is 0. The van der Waals surface area contributed by atoms with Gasteiger partial charge in [0.25, 0.3) is 0 Å². The molecule has 0 radical (unpaired) electrons. The molecule has 136 valence electrons. The third-order valence-electron chi connectivity index (χ3n) is 4.27. The van der Waals surface area contributed by atoms with Gasteiger partial charge in [-0.25, -0.2) is 9.18 Å². The fourth-order valence-corrected chi connectivity index (χ4v) is 3.01. The Labute approximate surface area is 156 Å². The van der Waals surface area contributed by atoms with E-state index in [1.807, 2.05) is 6.07 Å². The maximum atomic E-state index is 13.1. The van der Waals surface area contributed by atoms with Crippen molar-refractivity contribution in [2.24, 2.45) is 0 Å². The van der Waals surface area contributed by atoms with Crippen LogP contribution in [0, 0.1) is 17.1 Å². The van der Waals surface area contributed by atoms with Crippen molar-refractivity contribution in [1.82, 2.24) is 4.98 Å². The van der Waals surface area contributed by atoms with Crippen LogP contribution in [0.5, 0.6) is 5.75 Å². The summed E-state index contributed by atoms with van der Waals surface area (Å²) in [5.74, 6) is -0.524. The van der Waals surface area contributed by atoms with E-state index in [1.165, 1.54) is 26.4 Å². The molecular weight excluding hydrogens is 347 g/mol. The summed E-state index contributed by atoms with van der Waals surface area (Å²) in [5, 5.41) is 9.91. The minimum atomic E-state index is -0.551. The zero-order valence-corrected chi connectivity index (χ0v) is 15.0. The van der Waals surface area contributed by atoms with E-state index < -0.39 is 5.97 Å². The predicted octanol–water partition coefficient (Wildman–Crippen LogP) is 3.83. The van der Waals surface area contributed by atoms with Crippen molar-refractivity contribution in [1.29, 1.82) is 5.26 Å². The first-order valence-electron chi connectivity index (χ1n) is 8.25. The molecule has 0 aliphatic heterocycles. The van der Waals surface area contributed by atoms with Gasteiger partial charge in [0, 0.05) is 11.6 Å². The highest BCUT2D eigenvalue weighted by atomic mass is 19.1. The second kappa shape index (κ2) is 7.83. The summed E-state index contributed by atoms with van der Waals surface area (Å²) in [6.45, 7) is 0. The number of esters is 1. The third-order valence-corrected chi connectivity index (χ3v) is 4.27. The normalized spacial score (nSPS) is 10.4. The van der Waals surface area contributed by atoms with E-state index in [1.54, 1.807) is 24.4 Å². The summed E-state index contributed by atoms with van der Waals surface area (Å²) in [6.07, 6.45) is 2.37. The zero-order chi connectivity index (χ0) is 19.4. The minimum absolute atomic E-state index is 0.117. The molecule has 0 saturated carbocycles. The van der Waals surface area contributed by atoms with Gasteiger partial charge in [-0.2, -0.15) is 5.26 Å². The van der Waals surface area contributed by atoms with Crippen LogP contribution in [0.2, 0.25) is 0 Å². The van der Waals surface area contributed by atoms with Crippen LogP contribution in [0.1, 0.15) is 27.0 Å². The smallest absolute Gasteiger partial charge is 0.341 e. The summed E-state index contributed by atoms with van der Waals surface area (Å²) < 4.78 is 23.3. The first-order valence-corrected chi connectivity index (χ1v) is 8.25. The van der Waals surface area contributed by atoms with E-state index in [9.17, 15) is 9.18 Å². The Hall–Kier alpha value is -3.46. The number of hydrogen-bond acceptors (Lipinski definition) is 5. The Balaban J connectivity index is 2.14. The van der Waals surface area contributed by atoms with E-state index in [0.717, 1.165) is 16.5 Å². The Morgan fingerprint density at radius 3 is 2.56 bits per heavy atom. The lowest BCUT2D eigenvalue weighted by Crippen LogP contribution is -2.07. The van der Waals surface area contributed by atoms with Crippen LogP contribution in [-0.4, -0.2) is 25.2 Å². The fraction of sp³-hybridized carbons (Fsp3) is 0.190. The monoisotopic (exact) mass is 364 g/mol. The molecule has 3 aromatic rings. The molecule has 27 heavy (non-hydrogen) atoms. The maximum Gasteiger partial charge on any atom is 0.341 e. The number of aromatic nitrogens is 1. The van der Waals surface area contributed by atoms with E-state index in [2.05, 4.69) is 11.1 Å². The van der Waals surface area contributed by atoms with Gasteiger partial charge in [-0.05, 0) is 47.4 Å². The van der Waals surface area contributed by atoms with Crippen molar-refractivity contribution < 1.29 is 18.7 Å². The second-order valence-electron chi connectivity index (χ2n) is 5.99. The lowest BCUT2D eigenvalue weighted by molar-refractivity contribution is 0.0597. The van der Waals surface area contributed by atoms with Gasteiger partial charge in [0.2, 0.25) is 0 Å². The average molecular weight is 364 g/mol. The molecule has 1 heterocycles. The van der Waals surface area contributed by atoms with Crippen LogP contribution in [0.4, 0.5) is 4.39 Å². The van der Waals surface area contributed by atoms with Crippen LogP contribution in [-0.2, 0) is 17.6 Å². The van der Waals surface area contributed by atoms with Gasteiger partial charge in [0.05, 0.1) is 26.7 Å². The number of carbonyl (C=O) groups excluding carboxylic acids is 1. The summed E-state index contributed by atoms with van der Waals surface area (Å²) in [6, 6.07) is 11.9. The van der Waals surface area contributed by atoms with Crippen molar-refractivity contribution in [3.8, 4) is 11.8 Å². The standard InChI is InChI=1S/C21H17FN2O3/c1-26-20-18(21(25)27-2)11-15(7-8-23)17-10-14(12-24-19(17)20)9-13-3-5-16(22)6-4-13/h3-6,10-12H,7,9H2,1-2H3. The van der Waals surface area contributed by atoms with Gasteiger partial charge in [-0.1, -0.05) is 12.1 Å². The maximum absolute atomic E-state index is 13.1. The number of nitrogens with zero attached hydrogens (tertiary/aromatic N) is 2. The van der Waals surface area contributed by atoms with Gasteiger partial charge in [-0.3, -0.25) is 4.98 Å². The topological polar surface area (TPSA) is 72.2 Å². The number of fused-ring (bicyclic) bond motifs is 1. The molecule has 0 N–H and O–H groups in total. The molecule has 2 aromatic carbocycles. The molecule has 0 atom stereocenters. The summed E-state index contributed by atoms with van der Waals surface area (Å²) in [5.41, 5.74) is 3.24. The van der Waals surface area contributed by atoms with Crippen molar-refractivity contribution in [2.75, 3.05) is 14.2 Å². The van der Waals surface area contributed by atoms with E-state index >= 15 is 0 Å². The van der Waals surface area contributed by atoms with E-state index in [0.29, 0.717) is 23.3 Å². The first kappa shape index (κ1) is 18.3. The van der Waals surface area contributed by atoms with Crippen molar-refractivity contribution in [3.05, 3.63) is 70.7 Å². The number of rotatable bonds is 5. The van der Waals surface area contributed by atoms with Gasteiger partial charge in [-0.15, -0.1) is 0 Å². The van der Waals surface area contributed by atoms with Crippen LogP contribution in [0.15, 0.2) is 42.6 Å². The molecule has 1 aromatic heterocycles. The molecule has 0 saturated heterocycles. The number of benzene rings is 2. The highest BCUT2D eigenvalue weighted by molar-refractivity contribution is 6.01. The van der Waals surface area contributed by atoms with Crippen LogP contribution >= 0.6 is 0 Å². The molecule has 5 nitrogen and oxygen atoms in total. The minimum Gasteiger partial charge on any atom is -0.494 e. The molecule has 6 heteroatoms. The number of pyridine rings is 1. The van der Waals surface area contributed by atoms with Gasteiger partial charge < -0.3 is 9.47 Å². The molecule has 0 unspecified atom stereocenters. The van der Waals surface area contributed by atoms with E-state index in [-0.39, 0.29) is 17.8 Å². The molecule has 0 amide bonds. The highest BCUT2D eigenvalue weighted by Crippen LogP contribution is 2.33. The lowest BCUT2D eigenvalue weighted by Gasteiger charge is -2.14. The lowest BCUT2D eigenvalue weighted by atomic mass is 9.98. The quantitative estimate of drug-likeness (QED) is 0.644. The summed E-state index contributed by atoms with van der Waals surface area (Å²) in [4.78, 5) is 16.6. The van der Waals surface area contributed by atoms with E-state index in [4.69, 9.17) is 14.7 Å². The Morgan fingerprint density at radius 2 is 1.93 bits per heavy atom. The largest absolute Gasteiger partial charge is 0.494 e. The van der Waals surface area contributed by atoms with Crippen molar-refractivity contribution in [2.45, 2.75) is 12.8 Å². The second-order valence-corrected chi connectivity index (χ2v) is 5.99. The molecule has 0 fully saturated rings. The zero-order valence-electron chi connectivity index (χ0n) is 15.0. The average Bonchev–Trinajstić information content (AvgIpc) is 2.69. The summed E-state index contributed by atoms with van der Waals surface area (Å²) >= 11 is 0. The molecule has 3 rings (SSSR count). The predicted molar refractivity (Wildman–Crippen MR) is 98.2 cm³/mol. The molecule has 0 aliphatic carbocycles. The molecular formula is C21H17FN2O3. The van der Waals surface area contributed by atoms with Crippen LogP contribution in [0.25, 0.3) is 10.9 Å². The molecule has 0 aliphatic rings.